The fourth-order valence-electron chi connectivity index (χ4n) is 2.06. The summed E-state index contributed by atoms with van der Waals surface area (Å²) in [5.41, 5.74) is 0.472. The fraction of sp³-hybridized carbons (Fsp3) is 0.250. The van der Waals surface area contributed by atoms with Gasteiger partial charge >= 0.3 is 11.8 Å². The summed E-state index contributed by atoms with van der Waals surface area (Å²) in [7, 11) is 0. The van der Waals surface area contributed by atoms with Gasteiger partial charge in [0.1, 0.15) is 5.52 Å². The van der Waals surface area contributed by atoms with E-state index in [2.05, 4.69) is 11.6 Å². The zero-order valence-corrected chi connectivity index (χ0v) is 13.1. The molecule has 116 valence electrons. The normalized spacial score (nSPS) is 13.4. The number of allylic oxidation sites excluding steroid dienone is 1. The smallest absolute Gasteiger partial charge is 0.390 e. The molecule has 1 atom stereocenters. The van der Waals surface area contributed by atoms with Crippen LogP contribution in [0.2, 0.25) is 5.02 Å². The number of aliphatic carboxylic acids is 1. The first-order chi connectivity index (χ1) is 10.4. The summed E-state index contributed by atoms with van der Waals surface area (Å²) in [5, 5.41) is 10.7. The maximum absolute atomic E-state index is 11.7. The molecule has 22 heavy (non-hydrogen) atoms. The lowest BCUT2D eigenvalue weighted by Crippen LogP contribution is -2.46. The van der Waals surface area contributed by atoms with Gasteiger partial charge in [0.25, 0.3) is 0 Å². The molecule has 1 aromatic heterocycles. The number of hydrogen-bond donors (Lipinski definition) is 1. The lowest BCUT2D eigenvalue weighted by molar-refractivity contribution is -0.200. The van der Waals surface area contributed by atoms with Gasteiger partial charge < -0.3 is 14.6 Å². The van der Waals surface area contributed by atoms with E-state index in [0.29, 0.717) is 15.9 Å². The first-order valence-electron chi connectivity index (χ1n) is 6.70. The third kappa shape index (κ3) is 2.99. The van der Waals surface area contributed by atoms with E-state index in [1.165, 1.54) is 0 Å². The topological polar surface area (TPSA) is 68.7 Å². The van der Waals surface area contributed by atoms with Gasteiger partial charge in [-0.2, -0.15) is 0 Å². The lowest BCUT2D eigenvalue weighted by Gasteiger charge is -2.30. The van der Waals surface area contributed by atoms with Crippen LogP contribution < -0.4 is 4.74 Å². The standard InChI is InChI=1S/C16H16ClNO4/c1-4-16(15(19)20,21-10(2)3)22-13-8-7-12(17)11-6-5-9-18-14(11)13/h5-9H,2,4H2,1,3H3,(H,19,20). The Labute approximate surface area is 133 Å². The van der Waals surface area contributed by atoms with Crippen LogP contribution in [-0.2, 0) is 9.53 Å². The average Bonchev–Trinajstić information content (AvgIpc) is 2.49. The van der Waals surface area contributed by atoms with E-state index in [1.54, 1.807) is 44.3 Å². The van der Waals surface area contributed by atoms with Gasteiger partial charge in [0.15, 0.2) is 5.75 Å². The van der Waals surface area contributed by atoms with Crippen LogP contribution in [0, 0.1) is 0 Å². The van der Waals surface area contributed by atoms with E-state index < -0.39 is 11.8 Å². The van der Waals surface area contributed by atoms with Gasteiger partial charge in [-0.15, -0.1) is 0 Å². The molecule has 1 unspecified atom stereocenters. The molecule has 0 saturated carbocycles. The van der Waals surface area contributed by atoms with Crippen LogP contribution in [0.3, 0.4) is 0 Å². The van der Waals surface area contributed by atoms with Crippen molar-refractivity contribution in [3.05, 3.63) is 47.8 Å². The summed E-state index contributed by atoms with van der Waals surface area (Å²) in [6, 6.07) is 6.73. The van der Waals surface area contributed by atoms with Crippen molar-refractivity contribution in [2.75, 3.05) is 0 Å². The van der Waals surface area contributed by atoms with Crippen LogP contribution in [0.15, 0.2) is 42.8 Å². The lowest BCUT2D eigenvalue weighted by atomic mass is 10.1. The van der Waals surface area contributed by atoms with Gasteiger partial charge in [-0.05, 0) is 31.2 Å². The van der Waals surface area contributed by atoms with Crippen molar-refractivity contribution in [2.45, 2.75) is 26.1 Å². The molecule has 5 nitrogen and oxygen atoms in total. The highest BCUT2D eigenvalue weighted by atomic mass is 35.5. The summed E-state index contributed by atoms with van der Waals surface area (Å²) in [5.74, 6) is -2.57. The van der Waals surface area contributed by atoms with Gasteiger partial charge in [0.2, 0.25) is 0 Å². The number of rotatable bonds is 6. The summed E-state index contributed by atoms with van der Waals surface area (Å²) in [4.78, 5) is 15.9. The average molecular weight is 322 g/mol. The van der Waals surface area contributed by atoms with Crippen molar-refractivity contribution >= 4 is 28.5 Å². The number of pyridine rings is 1. The van der Waals surface area contributed by atoms with E-state index in [-0.39, 0.29) is 17.9 Å². The predicted octanol–water partition coefficient (Wildman–Crippen LogP) is 4.01. The quantitative estimate of drug-likeness (QED) is 0.643. The molecule has 1 aromatic carbocycles. The number of benzene rings is 1. The van der Waals surface area contributed by atoms with Crippen molar-refractivity contribution in [3.63, 3.8) is 0 Å². The van der Waals surface area contributed by atoms with Crippen LogP contribution in [0.4, 0.5) is 0 Å². The fourth-order valence-corrected chi connectivity index (χ4v) is 2.27. The third-order valence-electron chi connectivity index (χ3n) is 3.08. The Morgan fingerprint density at radius 3 is 2.77 bits per heavy atom. The summed E-state index contributed by atoms with van der Waals surface area (Å²) < 4.78 is 11.0. The van der Waals surface area contributed by atoms with Crippen LogP contribution in [0.1, 0.15) is 20.3 Å². The number of carboxylic acids is 1. The number of ether oxygens (including phenoxy) is 2. The number of carboxylic acid groups (broad SMARTS) is 1. The van der Waals surface area contributed by atoms with E-state index in [4.69, 9.17) is 21.1 Å². The van der Waals surface area contributed by atoms with E-state index in [0.717, 1.165) is 0 Å². The minimum absolute atomic E-state index is 0.0894. The Kier molecular flexibility index (Phi) is 4.56. The maximum atomic E-state index is 11.7. The molecule has 0 radical (unpaired) electrons. The highest BCUT2D eigenvalue weighted by Crippen LogP contribution is 2.33. The second-order valence-electron chi connectivity index (χ2n) is 4.76. The number of halogens is 1. The predicted molar refractivity (Wildman–Crippen MR) is 83.9 cm³/mol. The molecule has 2 rings (SSSR count). The van der Waals surface area contributed by atoms with Gasteiger partial charge in [-0.3, -0.25) is 4.98 Å². The second-order valence-corrected chi connectivity index (χ2v) is 5.17. The number of hydrogen-bond acceptors (Lipinski definition) is 4. The molecule has 0 aliphatic heterocycles. The molecule has 6 heteroatoms. The molecule has 0 aliphatic carbocycles. The molecule has 1 heterocycles. The van der Waals surface area contributed by atoms with Gasteiger partial charge in [0, 0.05) is 18.0 Å². The highest BCUT2D eigenvalue weighted by Gasteiger charge is 2.43. The molecular formula is C16H16ClNO4. The van der Waals surface area contributed by atoms with Crippen molar-refractivity contribution in [1.29, 1.82) is 0 Å². The van der Waals surface area contributed by atoms with Crippen molar-refractivity contribution in [2.24, 2.45) is 0 Å². The molecular weight excluding hydrogens is 306 g/mol. The molecule has 0 bridgehead atoms. The van der Waals surface area contributed by atoms with Gasteiger partial charge in [0.05, 0.1) is 10.8 Å². The van der Waals surface area contributed by atoms with Gasteiger partial charge in [-0.1, -0.05) is 25.1 Å². The summed E-state index contributed by atoms with van der Waals surface area (Å²) in [6.45, 7) is 6.81. The largest absolute Gasteiger partial charge is 0.475 e. The number of aromatic nitrogens is 1. The van der Waals surface area contributed by atoms with Crippen LogP contribution in [0.25, 0.3) is 10.9 Å². The molecule has 1 N–H and O–H groups in total. The molecule has 0 fully saturated rings. The Morgan fingerprint density at radius 2 is 2.18 bits per heavy atom. The third-order valence-corrected chi connectivity index (χ3v) is 3.41. The number of carbonyl (C=O) groups is 1. The zero-order valence-electron chi connectivity index (χ0n) is 12.3. The van der Waals surface area contributed by atoms with Crippen molar-refractivity contribution in [1.82, 2.24) is 4.98 Å². The Hall–Kier alpha value is -2.27. The monoisotopic (exact) mass is 321 g/mol. The van der Waals surface area contributed by atoms with Crippen LogP contribution in [0.5, 0.6) is 5.75 Å². The van der Waals surface area contributed by atoms with Crippen LogP contribution >= 0.6 is 11.6 Å². The van der Waals surface area contributed by atoms with E-state index >= 15 is 0 Å². The molecule has 0 saturated heterocycles. The molecule has 2 aromatic rings. The Bertz CT molecular complexity index is 731. The minimum atomic E-state index is -1.86. The summed E-state index contributed by atoms with van der Waals surface area (Å²) >= 11 is 6.12. The van der Waals surface area contributed by atoms with Crippen molar-refractivity contribution < 1.29 is 19.4 Å². The SMILES string of the molecule is C=C(C)OC(CC)(Oc1ccc(Cl)c2cccnc12)C(=O)O. The summed E-state index contributed by atoms with van der Waals surface area (Å²) in [6.07, 6.45) is 1.67. The molecule has 0 spiro atoms. The van der Waals surface area contributed by atoms with E-state index in [9.17, 15) is 9.90 Å². The molecule has 0 aliphatic rings. The first-order valence-corrected chi connectivity index (χ1v) is 7.07. The number of fused-ring (bicyclic) bond motifs is 1. The Morgan fingerprint density at radius 1 is 1.45 bits per heavy atom. The van der Waals surface area contributed by atoms with E-state index in [1.807, 2.05) is 0 Å². The van der Waals surface area contributed by atoms with Crippen molar-refractivity contribution in [3.8, 4) is 5.75 Å². The van der Waals surface area contributed by atoms with Crippen LogP contribution in [-0.4, -0.2) is 21.8 Å². The number of nitrogens with zero attached hydrogens (tertiary/aromatic N) is 1. The minimum Gasteiger partial charge on any atom is -0.475 e. The molecule has 0 amide bonds. The zero-order chi connectivity index (χ0) is 16.3. The maximum Gasteiger partial charge on any atom is 0.390 e. The second kappa shape index (κ2) is 6.23. The first kappa shape index (κ1) is 16.1. The van der Waals surface area contributed by atoms with Gasteiger partial charge in [-0.25, -0.2) is 4.79 Å². The Balaban J connectivity index is 2.53. The highest BCUT2D eigenvalue weighted by molar-refractivity contribution is 6.35.